The number of ether oxygens (including phenoxy) is 1. The van der Waals surface area contributed by atoms with Crippen LogP contribution >= 0.6 is 0 Å². The first-order valence-electron chi connectivity index (χ1n) is 9.77. The van der Waals surface area contributed by atoms with Crippen LogP contribution in [0.3, 0.4) is 0 Å². The molecule has 1 saturated carbocycles. The molecular formula is C23H30O3Si. The number of hydrogen-bond donors (Lipinski definition) is 0. The lowest BCUT2D eigenvalue weighted by Crippen LogP contribution is -2.67. The molecule has 3 nitrogen and oxygen atoms in total. The predicted molar refractivity (Wildman–Crippen MR) is 112 cm³/mol. The van der Waals surface area contributed by atoms with Crippen LogP contribution in [0.15, 0.2) is 60.7 Å². The summed E-state index contributed by atoms with van der Waals surface area (Å²) in [6.07, 6.45) is 2.15. The Morgan fingerprint density at radius 3 is 1.81 bits per heavy atom. The van der Waals surface area contributed by atoms with E-state index in [1.165, 1.54) is 10.4 Å². The molecule has 0 unspecified atom stereocenters. The predicted octanol–water partition coefficient (Wildman–Crippen LogP) is 3.76. The van der Waals surface area contributed by atoms with Crippen molar-refractivity contribution in [3.8, 4) is 0 Å². The topological polar surface area (TPSA) is 35.5 Å². The lowest BCUT2D eigenvalue weighted by Gasteiger charge is -2.45. The zero-order valence-electron chi connectivity index (χ0n) is 16.6. The molecule has 0 atom stereocenters. The van der Waals surface area contributed by atoms with Gasteiger partial charge in [-0.1, -0.05) is 81.4 Å². The molecule has 2 aromatic carbocycles. The molecule has 1 fully saturated rings. The number of carbonyl (C=O) groups excluding carboxylic acids is 1. The summed E-state index contributed by atoms with van der Waals surface area (Å²) >= 11 is 0. The van der Waals surface area contributed by atoms with Crippen molar-refractivity contribution in [2.75, 3.05) is 13.2 Å². The summed E-state index contributed by atoms with van der Waals surface area (Å²) in [5.74, 6) is 1.04. The molecule has 0 aromatic heterocycles. The Labute approximate surface area is 163 Å². The van der Waals surface area contributed by atoms with Gasteiger partial charge in [-0.25, -0.2) is 0 Å². The van der Waals surface area contributed by atoms with E-state index in [1.807, 2.05) is 0 Å². The molecule has 0 N–H and O–H groups in total. The van der Waals surface area contributed by atoms with Crippen molar-refractivity contribution in [1.29, 1.82) is 0 Å². The third-order valence-electron chi connectivity index (χ3n) is 5.69. The van der Waals surface area contributed by atoms with Crippen LogP contribution in [-0.4, -0.2) is 28.0 Å². The van der Waals surface area contributed by atoms with Gasteiger partial charge in [0.15, 0.2) is 0 Å². The SMILES string of the molecule is CC(C)(C)[Si](OCC1CC(COC=O)C1)(c1ccccc1)c1ccccc1. The second kappa shape index (κ2) is 8.40. The van der Waals surface area contributed by atoms with Gasteiger partial charge in [-0.3, -0.25) is 4.79 Å². The van der Waals surface area contributed by atoms with Crippen LogP contribution in [0.1, 0.15) is 33.6 Å². The number of rotatable bonds is 8. The number of carbonyl (C=O) groups is 1. The Hall–Kier alpha value is -1.91. The summed E-state index contributed by atoms with van der Waals surface area (Å²) in [6.45, 7) is 8.78. The Bertz CT molecular complexity index is 679. The molecule has 0 spiro atoms. The maximum absolute atomic E-state index is 10.4. The first-order valence-corrected chi connectivity index (χ1v) is 11.7. The molecule has 0 heterocycles. The summed E-state index contributed by atoms with van der Waals surface area (Å²) in [4.78, 5) is 10.4. The average Bonchev–Trinajstić information content (AvgIpc) is 2.63. The van der Waals surface area contributed by atoms with Gasteiger partial charge in [0, 0.05) is 6.61 Å². The van der Waals surface area contributed by atoms with Crippen LogP contribution in [0.25, 0.3) is 0 Å². The van der Waals surface area contributed by atoms with Gasteiger partial charge >= 0.3 is 0 Å². The summed E-state index contributed by atoms with van der Waals surface area (Å²) in [7, 11) is -2.43. The van der Waals surface area contributed by atoms with Gasteiger partial charge in [0.1, 0.15) is 0 Å². The summed E-state index contributed by atoms with van der Waals surface area (Å²) < 4.78 is 11.9. The fourth-order valence-electron chi connectivity index (χ4n) is 4.33. The van der Waals surface area contributed by atoms with Crippen LogP contribution in [0.5, 0.6) is 0 Å². The van der Waals surface area contributed by atoms with E-state index in [4.69, 9.17) is 9.16 Å². The van der Waals surface area contributed by atoms with Gasteiger partial charge in [0.25, 0.3) is 14.8 Å². The van der Waals surface area contributed by atoms with Crippen LogP contribution in [0, 0.1) is 11.8 Å². The van der Waals surface area contributed by atoms with E-state index in [9.17, 15) is 4.79 Å². The highest BCUT2D eigenvalue weighted by atomic mass is 28.4. The molecule has 27 heavy (non-hydrogen) atoms. The first kappa shape index (κ1) is 19.8. The van der Waals surface area contributed by atoms with Gasteiger partial charge in [-0.05, 0) is 40.1 Å². The summed E-state index contributed by atoms with van der Waals surface area (Å²) in [5, 5.41) is 2.66. The van der Waals surface area contributed by atoms with Crippen molar-refractivity contribution < 1.29 is 14.0 Å². The largest absolute Gasteiger partial charge is 0.468 e. The molecule has 4 heteroatoms. The third-order valence-corrected chi connectivity index (χ3v) is 10.7. The highest BCUT2D eigenvalue weighted by Crippen LogP contribution is 2.39. The number of hydrogen-bond acceptors (Lipinski definition) is 3. The first-order chi connectivity index (χ1) is 13.0. The van der Waals surface area contributed by atoms with Gasteiger partial charge < -0.3 is 9.16 Å². The van der Waals surface area contributed by atoms with Gasteiger partial charge in [-0.2, -0.15) is 0 Å². The fraction of sp³-hybridized carbons (Fsp3) is 0.435. The van der Waals surface area contributed by atoms with E-state index in [2.05, 4.69) is 81.4 Å². The number of benzene rings is 2. The highest BCUT2D eigenvalue weighted by Gasteiger charge is 2.50. The Morgan fingerprint density at radius 2 is 1.37 bits per heavy atom. The zero-order chi connectivity index (χ0) is 19.3. The minimum absolute atomic E-state index is 0.0134. The van der Waals surface area contributed by atoms with Crippen LogP contribution < -0.4 is 10.4 Å². The van der Waals surface area contributed by atoms with Gasteiger partial charge in [0.05, 0.1) is 6.61 Å². The summed E-state index contributed by atoms with van der Waals surface area (Å²) in [6, 6.07) is 21.5. The van der Waals surface area contributed by atoms with Crippen molar-refractivity contribution in [2.45, 2.75) is 38.7 Å². The monoisotopic (exact) mass is 382 g/mol. The minimum Gasteiger partial charge on any atom is -0.468 e. The van der Waals surface area contributed by atoms with Gasteiger partial charge in [0.2, 0.25) is 0 Å². The Morgan fingerprint density at radius 1 is 0.889 bits per heavy atom. The maximum Gasteiger partial charge on any atom is 0.293 e. The molecule has 0 aliphatic heterocycles. The molecule has 0 saturated heterocycles. The molecule has 144 valence electrons. The van der Waals surface area contributed by atoms with E-state index in [1.54, 1.807) is 0 Å². The molecule has 0 bridgehead atoms. The van der Waals surface area contributed by atoms with Crippen molar-refractivity contribution >= 4 is 25.2 Å². The normalized spacial score (nSPS) is 20.0. The van der Waals surface area contributed by atoms with E-state index >= 15 is 0 Å². The third kappa shape index (κ3) is 4.17. The average molecular weight is 383 g/mol. The van der Waals surface area contributed by atoms with E-state index in [-0.39, 0.29) is 5.04 Å². The minimum atomic E-state index is -2.43. The van der Waals surface area contributed by atoms with Crippen LogP contribution in [0.2, 0.25) is 5.04 Å². The second-order valence-corrected chi connectivity index (χ2v) is 12.9. The molecule has 0 radical (unpaired) electrons. The van der Waals surface area contributed by atoms with Crippen LogP contribution in [0.4, 0.5) is 0 Å². The molecule has 3 rings (SSSR count). The van der Waals surface area contributed by atoms with E-state index in [0.29, 0.717) is 24.9 Å². The van der Waals surface area contributed by atoms with Gasteiger partial charge in [-0.15, -0.1) is 0 Å². The maximum atomic E-state index is 10.4. The highest BCUT2D eigenvalue weighted by molar-refractivity contribution is 6.99. The quantitative estimate of drug-likeness (QED) is 0.515. The molecule has 2 aromatic rings. The van der Waals surface area contributed by atoms with Crippen molar-refractivity contribution in [3.05, 3.63) is 60.7 Å². The Kier molecular flexibility index (Phi) is 6.17. The zero-order valence-corrected chi connectivity index (χ0v) is 17.6. The van der Waals surface area contributed by atoms with Crippen molar-refractivity contribution in [3.63, 3.8) is 0 Å². The van der Waals surface area contributed by atoms with Crippen molar-refractivity contribution in [2.24, 2.45) is 11.8 Å². The van der Waals surface area contributed by atoms with E-state index < -0.39 is 8.32 Å². The Balaban J connectivity index is 1.86. The fourth-order valence-corrected chi connectivity index (χ4v) is 8.97. The summed E-state index contributed by atoms with van der Waals surface area (Å²) in [5.41, 5.74) is 0. The second-order valence-electron chi connectivity index (χ2n) is 8.61. The molecule has 1 aliphatic carbocycles. The standard InChI is InChI=1S/C23H30O3Si/c1-23(2,3)27(21-10-6-4-7-11-21,22-12-8-5-9-13-22)26-17-20-14-19(15-20)16-25-18-24/h4-13,18-20H,14-17H2,1-3H3. The van der Waals surface area contributed by atoms with Crippen molar-refractivity contribution in [1.82, 2.24) is 0 Å². The molecule has 1 aliphatic rings. The molecular weight excluding hydrogens is 352 g/mol. The van der Waals surface area contributed by atoms with Crippen LogP contribution in [-0.2, 0) is 14.0 Å². The lowest BCUT2D eigenvalue weighted by atomic mass is 9.76. The van der Waals surface area contributed by atoms with E-state index in [0.717, 1.165) is 19.4 Å². The lowest BCUT2D eigenvalue weighted by molar-refractivity contribution is -0.131. The smallest absolute Gasteiger partial charge is 0.293 e. The molecule has 0 amide bonds.